The number of rotatable bonds is 6. The van der Waals surface area contributed by atoms with Crippen molar-refractivity contribution in [1.29, 1.82) is 0 Å². The van der Waals surface area contributed by atoms with Gasteiger partial charge in [0, 0.05) is 126 Å². The van der Waals surface area contributed by atoms with Crippen LogP contribution in [0.2, 0.25) is 0 Å². The third-order valence-electron chi connectivity index (χ3n) is 13.8. The third kappa shape index (κ3) is 5.42. The SMILES string of the molecule is Cn1c2ccccc2c2cc(N(c3ccccc3)c3ccc4c(c3)oc3cc5cc6c(cc5cc34)oc3cc(N(c4ccccc4)c4ccc5c(c4)c4ccccc4n5C)ccc36)ccc21. The molecule has 0 N–H and O–H groups in total. The molecule has 6 heteroatoms. The number of aryl methyl sites for hydroxylation is 2. The average Bonchev–Trinajstić information content (AvgIpc) is 4.07. The first-order valence-corrected chi connectivity index (χ1v) is 22.4. The summed E-state index contributed by atoms with van der Waals surface area (Å²) in [5.41, 5.74) is 14.6. The molecule has 0 saturated carbocycles. The Bertz CT molecular complexity index is 3990. The highest BCUT2D eigenvalue weighted by molar-refractivity contribution is 6.16. The van der Waals surface area contributed by atoms with Gasteiger partial charge in [0.15, 0.2) is 0 Å². The van der Waals surface area contributed by atoms with Crippen molar-refractivity contribution in [3.8, 4) is 0 Å². The van der Waals surface area contributed by atoms with E-state index in [0.717, 1.165) is 88.8 Å². The molecule has 0 aliphatic carbocycles. The fourth-order valence-corrected chi connectivity index (χ4v) is 10.7. The molecule has 0 saturated heterocycles. The summed E-state index contributed by atoms with van der Waals surface area (Å²) in [5.74, 6) is 0. The Morgan fingerprint density at radius 1 is 0.273 bits per heavy atom. The smallest absolute Gasteiger partial charge is 0.137 e. The lowest BCUT2D eigenvalue weighted by molar-refractivity contribution is 0.668. The number of furan rings is 2. The van der Waals surface area contributed by atoms with E-state index in [4.69, 9.17) is 8.83 Å². The zero-order valence-corrected chi connectivity index (χ0v) is 36.2. The number of hydrogen-bond donors (Lipinski definition) is 0. The highest BCUT2D eigenvalue weighted by atomic mass is 16.3. The summed E-state index contributed by atoms with van der Waals surface area (Å²) in [4.78, 5) is 4.63. The van der Waals surface area contributed by atoms with E-state index in [1.807, 2.05) is 0 Å². The summed E-state index contributed by atoms with van der Waals surface area (Å²) in [5, 5.41) is 11.4. The molecule has 0 bridgehead atoms. The highest BCUT2D eigenvalue weighted by Crippen LogP contribution is 2.44. The third-order valence-corrected chi connectivity index (χ3v) is 13.8. The van der Waals surface area contributed by atoms with Gasteiger partial charge in [0.05, 0.1) is 0 Å². The van der Waals surface area contributed by atoms with Crippen LogP contribution in [-0.2, 0) is 14.1 Å². The van der Waals surface area contributed by atoms with Gasteiger partial charge in [-0.25, -0.2) is 0 Å². The Morgan fingerprint density at radius 3 is 1.09 bits per heavy atom. The molecule has 312 valence electrons. The second kappa shape index (κ2) is 13.9. The van der Waals surface area contributed by atoms with Crippen molar-refractivity contribution in [1.82, 2.24) is 9.13 Å². The van der Waals surface area contributed by atoms with Crippen LogP contribution in [0.15, 0.2) is 215 Å². The molecule has 66 heavy (non-hydrogen) atoms. The van der Waals surface area contributed by atoms with Gasteiger partial charge in [-0.1, -0.05) is 72.8 Å². The van der Waals surface area contributed by atoms with Crippen molar-refractivity contribution >= 4 is 132 Å². The minimum atomic E-state index is 0.842. The first-order valence-electron chi connectivity index (χ1n) is 22.4. The lowest BCUT2D eigenvalue weighted by Gasteiger charge is -2.25. The molecule has 0 atom stereocenters. The molecule has 0 unspecified atom stereocenters. The van der Waals surface area contributed by atoms with Crippen LogP contribution in [0.1, 0.15) is 0 Å². The summed E-state index contributed by atoms with van der Waals surface area (Å²) in [7, 11) is 4.28. The molecule has 0 radical (unpaired) electrons. The van der Waals surface area contributed by atoms with Gasteiger partial charge in [0.2, 0.25) is 0 Å². The number of aromatic nitrogens is 2. The van der Waals surface area contributed by atoms with E-state index < -0.39 is 0 Å². The molecular formula is C60H40N4O2. The maximum atomic E-state index is 6.75. The predicted octanol–water partition coefficient (Wildman–Crippen LogP) is 16.9. The Hall–Kier alpha value is -8.74. The largest absolute Gasteiger partial charge is 0.456 e. The fourth-order valence-electron chi connectivity index (χ4n) is 10.7. The Morgan fingerprint density at radius 2 is 0.636 bits per heavy atom. The van der Waals surface area contributed by atoms with Gasteiger partial charge in [-0.2, -0.15) is 0 Å². The maximum absolute atomic E-state index is 6.75. The van der Waals surface area contributed by atoms with Crippen molar-refractivity contribution in [2.75, 3.05) is 9.80 Å². The molecule has 0 fully saturated rings. The number of anilines is 6. The molecule has 0 aliphatic heterocycles. The second-order valence-corrected chi connectivity index (χ2v) is 17.5. The van der Waals surface area contributed by atoms with Crippen LogP contribution < -0.4 is 9.80 Å². The zero-order chi connectivity index (χ0) is 43.6. The monoisotopic (exact) mass is 848 g/mol. The Balaban J connectivity index is 0.865. The highest BCUT2D eigenvalue weighted by Gasteiger charge is 2.21. The number of fused-ring (bicyclic) bond motifs is 13. The van der Waals surface area contributed by atoms with Gasteiger partial charge in [0.25, 0.3) is 0 Å². The normalized spacial score (nSPS) is 12.1. The summed E-state index contributed by atoms with van der Waals surface area (Å²) in [6.45, 7) is 0. The van der Waals surface area contributed by atoms with E-state index in [0.29, 0.717) is 0 Å². The van der Waals surface area contributed by atoms with Crippen molar-refractivity contribution in [2.24, 2.45) is 14.1 Å². The second-order valence-electron chi connectivity index (χ2n) is 17.5. The number of para-hydroxylation sites is 4. The van der Waals surface area contributed by atoms with Crippen LogP contribution in [-0.4, -0.2) is 9.13 Å². The summed E-state index contributed by atoms with van der Waals surface area (Å²) >= 11 is 0. The van der Waals surface area contributed by atoms with Crippen LogP contribution in [0, 0.1) is 0 Å². The molecular weight excluding hydrogens is 809 g/mol. The predicted molar refractivity (Wildman–Crippen MR) is 276 cm³/mol. The minimum absolute atomic E-state index is 0.842. The number of hydrogen-bond acceptors (Lipinski definition) is 4. The summed E-state index contributed by atoms with van der Waals surface area (Å²) in [6, 6.07) is 73.9. The molecule has 6 nitrogen and oxygen atoms in total. The molecule has 4 heterocycles. The lowest BCUT2D eigenvalue weighted by Crippen LogP contribution is -2.09. The van der Waals surface area contributed by atoms with E-state index in [9.17, 15) is 0 Å². The number of benzene rings is 10. The molecule has 0 amide bonds. The van der Waals surface area contributed by atoms with Crippen LogP contribution in [0.3, 0.4) is 0 Å². The van der Waals surface area contributed by atoms with Gasteiger partial charge in [-0.15, -0.1) is 0 Å². The van der Waals surface area contributed by atoms with E-state index >= 15 is 0 Å². The van der Waals surface area contributed by atoms with Gasteiger partial charge in [-0.3, -0.25) is 0 Å². The van der Waals surface area contributed by atoms with E-state index in [2.05, 4.69) is 239 Å². The molecule has 0 spiro atoms. The molecule has 4 aromatic heterocycles. The van der Waals surface area contributed by atoms with E-state index in [1.54, 1.807) is 0 Å². The first kappa shape index (κ1) is 36.7. The van der Waals surface area contributed by atoms with Gasteiger partial charge in [-0.05, 0) is 132 Å². The van der Waals surface area contributed by atoms with E-state index in [-0.39, 0.29) is 0 Å². The topological polar surface area (TPSA) is 42.6 Å². The van der Waals surface area contributed by atoms with Crippen LogP contribution in [0.25, 0.3) is 98.3 Å². The van der Waals surface area contributed by atoms with Gasteiger partial charge >= 0.3 is 0 Å². The summed E-state index contributed by atoms with van der Waals surface area (Å²) in [6.07, 6.45) is 0. The maximum Gasteiger partial charge on any atom is 0.137 e. The Kier molecular flexibility index (Phi) is 7.72. The first-order chi connectivity index (χ1) is 32.5. The quantitative estimate of drug-likeness (QED) is 0.167. The molecule has 14 aromatic rings. The molecule has 14 rings (SSSR count). The van der Waals surface area contributed by atoms with Crippen molar-refractivity contribution in [3.05, 3.63) is 206 Å². The molecule has 0 aliphatic rings. The summed E-state index contributed by atoms with van der Waals surface area (Å²) < 4.78 is 18.1. The van der Waals surface area contributed by atoms with E-state index in [1.165, 1.54) is 43.6 Å². The minimum Gasteiger partial charge on any atom is -0.456 e. The molecule has 10 aromatic carbocycles. The standard InChI is InChI=1S/C60H40N4O2/c1-61-53-19-11-9-17-45(53)49-33-41(23-27-55(49)61)63(39-13-5-3-6-14-39)43-21-25-47-51-29-37-32-58-52(30-38(37)31-57(51)65-59(47)35-43)48-26-22-44(36-60(48)66-58)64(40-15-7-4-8-16-40)42-24-28-56-50(34-42)46-18-10-12-20-54(46)62(56)2/h3-36H,1-2H3. The number of nitrogens with zero attached hydrogens (tertiary/aromatic N) is 4. The van der Waals surface area contributed by atoms with Crippen LogP contribution >= 0.6 is 0 Å². The lowest BCUT2D eigenvalue weighted by atomic mass is 10.0. The average molecular weight is 849 g/mol. The van der Waals surface area contributed by atoms with Crippen molar-refractivity contribution < 1.29 is 8.83 Å². The fraction of sp³-hybridized carbons (Fsp3) is 0.0333. The van der Waals surface area contributed by atoms with Crippen LogP contribution in [0.5, 0.6) is 0 Å². The zero-order valence-electron chi connectivity index (χ0n) is 36.2. The van der Waals surface area contributed by atoms with Gasteiger partial charge in [0.1, 0.15) is 22.3 Å². The van der Waals surface area contributed by atoms with Crippen molar-refractivity contribution in [2.45, 2.75) is 0 Å². The van der Waals surface area contributed by atoms with Crippen LogP contribution in [0.4, 0.5) is 34.1 Å². The van der Waals surface area contributed by atoms with Crippen molar-refractivity contribution in [3.63, 3.8) is 0 Å². The van der Waals surface area contributed by atoms with Gasteiger partial charge < -0.3 is 27.8 Å². The Labute approximate surface area is 378 Å².